The average molecular weight is 479 g/mol. The Balaban J connectivity index is 1.18. The fourth-order valence-corrected chi connectivity index (χ4v) is 3.86. The highest BCUT2D eigenvalue weighted by Gasteiger charge is 2.21. The van der Waals surface area contributed by atoms with Crippen molar-refractivity contribution in [3.8, 4) is 5.75 Å². The molecule has 0 bridgehead atoms. The van der Waals surface area contributed by atoms with Crippen LogP contribution in [0.1, 0.15) is 21.5 Å². The number of hydrogen-bond donors (Lipinski definition) is 0. The molecular formula is C27H27ClN2O4. The lowest BCUT2D eigenvalue weighted by atomic mass is 10.2. The first kappa shape index (κ1) is 23.8. The van der Waals surface area contributed by atoms with E-state index in [4.69, 9.17) is 21.1 Å². The van der Waals surface area contributed by atoms with E-state index in [0.717, 1.165) is 30.2 Å². The zero-order valence-corrected chi connectivity index (χ0v) is 19.6. The third-order valence-electron chi connectivity index (χ3n) is 5.71. The number of carbonyl (C=O) groups is 2. The molecule has 34 heavy (non-hydrogen) atoms. The Morgan fingerprint density at radius 1 is 0.794 bits per heavy atom. The molecule has 1 saturated heterocycles. The van der Waals surface area contributed by atoms with Crippen molar-refractivity contribution in [1.82, 2.24) is 9.80 Å². The summed E-state index contributed by atoms with van der Waals surface area (Å²) in [6.45, 7) is 4.00. The highest BCUT2D eigenvalue weighted by atomic mass is 35.5. The van der Waals surface area contributed by atoms with Crippen LogP contribution in [-0.2, 0) is 22.7 Å². The summed E-state index contributed by atoms with van der Waals surface area (Å²) in [6, 6.07) is 24.0. The predicted octanol–water partition coefficient (Wildman–Crippen LogP) is 4.42. The molecule has 0 radical (unpaired) electrons. The van der Waals surface area contributed by atoms with Crippen LogP contribution in [0, 0.1) is 0 Å². The second-order valence-corrected chi connectivity index (χ2v) is 8.59. The summed E-state index contributed by atoms with van der Waals surface area (Å²) in [4.78, 5) is 28.9. The van der Waals surface area contributed by atoms with Crippen molar-refractivity contribution >= 4 is 23.5 Å². The van der Waals surface area contributed by atoms with Crippen molar-refractivity contribution in [3.63, 3.8) is 0 Å². The summed E-state index contributed by atoms with van der Waals surface area (Å²) in [7, 11) is 0. The monoisotopic (exact) mass is 478 g/mol. The number of rotatable bonds is 8. The summed E-state index contributed by atoms with van der Waals surface area (Å²) in [5.41, 5.74) is 2.58. The van der Waals surface area contributed by atoms with Gasteiger partial charge in [-0.05, 0) is 47.5 Å². The third kappa shape index (κ3) is 6.83. The second-order valence-electron chi connectivity index (χ2n) is 8.16. The van der Waals surface area contributed by atoms with Crippen LogP contribution in [0.4, 0.5) is 0 Å². The number of benzene rings is 3. The molecule has 1 aliphatic heterocycles. The van der Waals surface area contributed by atoms with Crippen LogP contribution in [0.15, 0.2) is 78.9 Å². The van der Waals surface area contributed by atoms with Crippen LogP contribution in [0.2, 0.25) is 5.02 Å². The maximum Gasteiger partial charge on any atom is 0.338 e. The number of piperazine rings is 1. The largest absolute Gasteiger partial charge is 0.484 e. The topological polar surface area (TPSA) is 59.1 Å². The van der Waals surface area contributed by atoms with Gasteiger partial charge >= 0.3 is 5.97 Å². The molecule has 176 valence electrons. The van der Waals surface area contributed by atoms with Gasteiger partial charge in [0.25, 0.3) is 5.91 Å². The molecule has 0 N–H and O–H groups in total. The number of nitrogens with zero attached hydrogens (tertiary/aromatic N) is 2. The zero-order valence-electron chi connectivity index (χ0n) is 18.9. The summed E-state index contributed by atoms with van der Waals surface area (Å²) >= 11 is 5.95. The van der Waals surface area contributed by atoms with Crippen molar-refractivity contribution in [1.29, 1.82) is 0 Å². The zero-order chi connectivity index (χ0) is 23.8. The molecule has 6 nitrogen and oxygen atoms in total. The van der Waals surface area contributed by atoms with E-state index < -0.39 is 5.97 Å². The average Bonchev–Trinajstić information content (AvgIpc) is 2.88. The van der Waals surface area contributed by atoms with Crippen LogP contribution >= 0.6 is 11.6 Å². The van der Waals surface area contributed by atoms with Gasteiger partial charge in [-0.1, -0.05) is 54.1 Å². The standard InChI is InChI=1S/C27H27ClN2O4/c28-24-10-6-21(7-11-24)18-29-14-16-30(17-15-29)26(31)20-33-25-12-8-23(9-13-25)27(32)34-19-22-4-2-1-3-5-22/h1-13H,14-20H2. The molecule has 1 amide bonds. The number of esters is 1. The smallest absolute Gasteiger partial charge is 0.338 e. The van der Waals surface area contributed by atoms with E-state index in [1.807, 2.05) is 59.5 Å². The molecule has 3 aromatic rings. The van der Waals surface area contributed by atoms with Crippen molar-refractivity contribution in [2.24, 2.45) is 0 Å². The number of amides is 1. The van der Waals surface area contributed by atoms with Crippen LogP contribution in [-0.4, -0.2) is 54.5 Å². The van der Waals surface area contributed by atoms with E-state index in [1.165, 1.54) is 5.56 Å². The van der Waals surface area contributed by atoms with Gasteiger partial charge in [0.1, 0.15) is 12.4 Å². The highest BCUT2D eigenvalue weighted by molar-refractivity contribution is 6.30. The normalized spacial score (nSPS) is 14.0. The number of carbonyl (C=O) groups excluding carboxylic acids is 2. The molecule has 0 atom stereocenters. The van der Waals surface area contributed by atoms with E-state index in [9.17, 15) is 9.59 Å². The lowest BCUT2D eigenvalue weighted by Crippen LogP contribution is -2.49. The van der Waals surface area contributed by atoms with Gasteiger partial charge in [-0.3, -0.25) is 9.69 Å². The minimum Gasteiger partial charge on any atom is -0.484 e. The van der Waals surface area contributed by atoms with Crippen molar-refractivity contribution in [3.05, 3.63) is 101 Å². The molecule has 4 rings (SSSR count). The third-order valence-corrected chi connectivity index (χ3v) is 5.96. The summed E-state index contributed by atoms with van der Waals surface area (Å²) in [6.07, 6.45) is 0. The lowest BCUT2D eigenvalue weighted by molar-refractivity contribution is -0.135. The number of halogens is 1. The molecule has 0 aromatic heterocycles. The molecule has 0 spiro atoms. The second kappa shape index (κ2) is 11.7. The minimum atomic E-state index is -0.400. The molecular weight excluding hydrogens is 452 g/mol. The van der Waals surface area contributed by atoms with Gasteiger partial charge < -0.3 is 14.4 Å². The van der Waals surface area contributed by atoms with Crippen LogP contribution < -0.4 is 4.74 Å². The summed E-state index contributed by atoms with van der Waals surface area (Å²) in [5, 5.41) is 0.733. The SMILES string of the molecule is O=C(OCc1ccccc1)c1ccc(OCC(=O)N2CCN(Cc3ccc(Cl)cc3)CC2)cc1. The van der Waals surface area contributed by atoms with Gasteiger partial charge in [-0.25, -0.2) is 4.79 Å². The highest BCUT2D eigenvalue weighted by Crippen LogP contribution is 2.15. The Bertz CT molecular complexity index is 1080. The van der Waals surface area contributed by atoms with Gasteiger partial charge in [-0.2, -0.15) is 0 Å². The first-order valence-corrected chi connectivity index (χ1v) is 11.6. The molecule has 1 fully saturated rings. The van der Waals surface area contributed by atoms with E-state index in [2.05, 4.69) is 4.90 Å². The van der Waals surface area contributed by atoms with Gasteiger partial charge in [0.05, 0.1) is 5.56 Å². The maximum atomic E-state index is 12.6. The first-order chi connectivity index (χ1) is 16.6. The Morgan fingerprint density at radius 3 is 2.15 bits per heavy atom. The Hall–Kier alpha value is -3.35. The van der Waals surface area contributed by atoms with E-state index in [1.54, 1.807) is 24.3 Å². The van der Waals surface area contributed by atoms with Gasteiger partial charge in [0.15, 0.2) is 6.61 Å². The Morgan fingerprint density at radius 2 is 1.47 bits per heavy atom. The molecule has 7 heteroatoms. The van der Waals surface area contributed by atoms with Gasteiger partial charge in [0, 0.05) is 37.7 Å². The molecule has 0 saturated carbocycles. The van der Waals surface area contributed by atoms with Crippen LogP contribution in [0.5, 0.6) is 5.75 Å². The van der Waals surface area contributed by atoms with Crippen LogP contribution in [0.25, 0.3) is 0 Å². The van der Waals surface area contributed by atoms with Crippen molar-refractivity contribution in [2.45, 2.75) is 13.2 Å². The molecule has 0 unspecified atom stereocenters. The lowest BCUT2D eigenvalue weighted by Gasteiger charge is -2.34. The fraction of sp³-hybridized carbons (Fsp3) is 0.259. The molecule has 3 aromatic carbocycles. The van der Waals surface area contributed by atoms with Gasteiger partial charge in [-0.15, -0.1) is 0 Å². The van der Waals surface area contributed by atoms with Crippen molar-refractivity contribution in [2.75, 3.05) is 32.8 Å². The number of ether oxygens (including phenoxy) is 2. The van der Waals surface area contributed by atoms with Crippen molar-refractivity contribution < 1.29 is 19.1 Å². The van der Waals surface area contributed by atoms with E-state index in [0.29, 0.717) is 24.4 Å². The quantitative estimate of drug-likeness (QED) is 0.448. The predicted molar refractivity (Wildman–Crippen MR) is 131 cm³/mol. The van der Waals surface area contributed by atoms with E-state index in [-0.39, 0.29) is 19.1 Å². The maximum absolute atomic E-state index is 12.6. The Labute approximate surface area is 204 Å². The van der Waals surface area contributed by atoms with Crippen LogP contribution in [0.3, 0.4) is 0 Å². The Kier molecular flexibility index (Phi) is 8.17. The molecule has 0 aliphatic carbocycles. The van der Waals surface area contributed by atoms with Gasteiger partial charge in [0.2, 0.25) is 0 Å². The summed E-state index contributed by atoms with van der Waals surface area (Å²) < 4.78 is 11.0. The fourth-order valence-electron chi connectivity index (χ4n) is 3.73. The van der Waals surface area contributed by atoms with E-state index >= 15 is 0 Å². The molecule has 1 heterocycles. The molecule has 1 aliphatic rings. The first-order valence-electron chi connectivity index (χ1n) is 11.3. The number of hydrogen-bond acceptors (Lipinski definition) is 5. The minimum absolute atomic E-state index is 0.0328. The summed E-state index contributed by atoms with van der Waals surface area (Å²) in [5.74, 6) is 0.0924.